The Morgan fingerprint density at radius 3 is 2.38 bits per heavy atom. The van der Waals surface area contributed by atoms with Gasteiger partial charge < -0.3 is 4.42 Å². The molecule has 0 amide bonds. The predicted molar refractivity (Wildman–Crippen MR) is 100.0 cm³/mol. The van der Waals surface area contributed by atoms with E-state index in [1.165, 1.54) is 0 Å². The molecule has 0 saturated heterocycles. The van der Waals surface area contributed by atoms with Gasteiger partial charge in [0.25, 0.3) is 0 Å². The van der Waals surface area contributed by atoms with Gasteiger partial charge in [-0.25, -0.2) is 9.97 Å². The number of rotatable bonds is 1. The maximum atomic E-state index is 6.15. The fourth-order valence-electron chi connectivity index (χ4n) is 3.19. The standard InChI is InChI=1S/C20H11BrN2O/c21-20-22-16-10-3-1-7-14(16)18(23-20)15-9-5-8-13-12-6-2-4-11-17(12)24-19(13)15/h1-11H. The highest BCUT2D eigenvalue weighted by Crippen LogP contribution is 2.37. The molecule has 0 aliphatic carbocycles. The molecule has 0 aliphatic heterocycles. The van der Waals surface area contributed by atoms with Crippen LogP contribution in [0.25, 0.3) is 44.1 Å². The zero-order chi connectivity index (χ0) is 16.1. The van der Waals surface area contributed by atoms with Crippen LogP contribution in [0.1, 0.15) is 0 Å². The van der Waals surface area contributed by atoms with E-state index in [1.54, 1.807) is 0 Å². The molecule has 0 fully saturated rings. The van der Waals surface area contributed by atoms with Gasteiger partial charge in [-0.2, -0.15) is 0 Å². The summed E-state index contributed by atoms with van der Waals surface area (Å²) in [7, 11) is 0. The summed E-state index contributed by atoms with van der Waals surface area (Å²) < 4.78 is 6.72. The minimum Gasteiger partial charge on any atom is -0.455 e. The third kappa shape index (κ3) is 1.96. The highest BCUT2D eigenvalue weighted by Gasteiger charge is 2.15. The molecule has 24 heavy (non-hydrogen) atoms. The van der Waals surface area contributed by atoms with Gasteiger partial charge in [0.2, 0.25) is 0 Å². The molecule has 0 N–H and O–H groups in total. The first-order valence-electron chi connectivity index (χ1n) is 7.64. The van der Waals surface area contributed by atoms with Crippen LogP contribution in [0.15, 0.2) is 75.9 Å². The molecule has 0 aliphatic rings. The number of fused-ring (bicyclic) bond motifs is 4. The number of para-hydroxylation sites is 3. The first-order chi connectivity index (χ1) is 11.8. The first kappa shape index (κ1) is 13.7. The number of halogens is 1. The molecule has 2 heterocycles. The van der Waals surface area contributed by atoms with Crippen LogP contribution >= 0.6 is 15.9 Å². The smallest absolute Gasteiger partial charge is 0.197 e. The largest absolute Gasteiger partial charge is 0.455 e. The Balaban J connectivity index is 1.94. The van der Waals surface area contributed by atoms with E-state index in [1.807, 2.05) is 54.6 Å². The minimum atomic E-state index is 0.573. The summed E-state index contributed by atoms with van der Waals surface area (Å²) in [4.78, 5) is 9.10. The maximum Gasteiger partial charge on any atom is 0.197 e. The lowest BCUT2D eigenvalue weighted by atomic mass is 10.0. The van der Waals surface area contributed by atoms with Crippen LogP contribution in [0, 0.1) is 0 Å². The van der Waals surface area contributed by atoms with E-state index in [0.717, 1.165) is 44.1 Å². The van der Waals surface area contributed by atoms with Gasteiger partial charge in [0.1, 0.15) is 11.2 Å². The van der Waals surface area contributed by atoms with Crippen molar-refractivity contribution >= 4 is 48.8 Å². The average Bonchev–Trinajstić information content (AvgIpc) is 3.00. The molecule has 3 nitrogen and oxygen atoms in total. The van der Waals surface area contributed by atoms with Crippen LogP contribution in [-0.4, -0.2) is 9.97 Å². The lowest BCUT2D eigenvalue weighted by molar-refractivity contribution is 0.670. The molecular formula is C20H11BrN2O. The first-order valence-corrected chi connectivity index (χ1v) is 8.43. The highest BCUT2D eigenvalue weighted by atomic mass is 79.9. The molecular weight excluding hydrogens is 364 g/mol. The van der Waals surface area contributed by atoms with E-state index in [-0.39, 0.29) is 0 Å². The number of furan rings is 1. The van der Waals surface area contributed by atoms with Crippen molar-refractivity contribution in [3.05, 3.63) is 71.5 Å². The molecule has 0 radical (unpaired) electrons. The van der Waals surface area contributed by atoms with Crippen LogP contribution in [0.5, 0.6) is 0 Å². The monoisotopic (exact) mass is 374 g/mol. The second-order valence-electron chi connectivity index (χ2n) is 5.64. The predicted octanol–water partition coefficient (Wildman–Crippen LogP) is 5.96. The molecule has 5 rings (SSSR count). The normalized spacial score (nSPS) is 11.5. The van der Waals surface area contributed by atoms with Crippen molar-refractivity contribution < 1.29 is 4.42 Å². The molecule has 0 saturated carbocycles. The molecule has 0 spiro atoms. The van der Waals surface area contributed by atoms with Gasteiger partial charge in [-0.3, -0.25) is 0 Å². The minimum absolute atomic E-state index is 0.573. The zero-order valence-corrected chi connectivity index (χ0v) is 14.1. The van der Waals surface area contributed by atoms with Crippen molar-refractivity contribution in [3.8, 4) is 11.3 Å². The Labute approximate surface area is 146 Å². The van der Waals surface area contributed by atoms with Crippen molar-refractivity contribution in [2.45, 2.75) is 0 Å². The van der Waals surface area contributed by atoms with Crippen LogP contribution in [-0.2, 0) is 0 Å². The number of nitrogens with zero attached hydrogens (tertiary/aromatic N) is 2. The van der Waals surface area contributed by atoms with Crippen molar-refractivity contribution in [2.24, 2.45) is 0 Å². The summed E-state index contributed by atoms with van der Waals surface area (Å²) in [5, 5.41) is 3.22. The van der Waals surface area contributed by atoms with Gasteiger partial charge in [-0.15, -0.1) is 0 Å². The Morgan fingerprint density at radius 1 is 0.708 bits per heavy atom. The Morgan fingerprint density at radius 2 is 1.46 bits per heavy atom. The number of benzene rings is 3. The molecule has 3 aromatic carbocycles. The third-order valence-corrected chi connectivity index (χ3v) is 4.59. The molecule has 5 aromatic rings. The summed E-state index contributed by atoms with van der Waals surface area (Å²) in [5.74, 6) is 0. The third-order valence-electron chi connectivity index (χ3n) is 4.24. The summed E-state index contributed by atoms with van der Waals surface area (Å²) in [6, 6.07) is 22.3. The van der Waals surface area contributed by atoms with Gasteiger partial charge in [0.05, 0.1) is 11.2 Å². The summed E-state index contributed by atoms with van der Waals surface area (Å²) in [6.07, 6.45) is 0. The second-order valence-corrected chi connectivity index (χ2v) is 6.35. The maximum absolute atomic E-state index is 6.15. The number of hydrogen-bond acceptors (Lipinski definition) is 3. The molecule has 4 heteroatoms. The van der Waals surface area contributed by atoms with Gasteiger partial charge in [0.15, 0.2) is 4.73 Å². The van der Waals surface area contributed by atoms with Crippen LogP contribution in [0.3, 0.4) is 0 Å². The van der Waals surface area contributed by atoms with E-state index in [4.69, 9.17) is 4.42 Å². The van der Waals surface area contributed by atoms with Crippen molar-refractivity contribution in [2.75, 3.05) is 0 Å². The Kier molecular flexibility index (Phi) is 2.94. The fraction of sp³-hybridized carbons (Fsp3) is 0. The summed E-state index contributed by atoms with van der Waals surface area (Å²) in [5.41, 5.74) is 4.49. The van der Waals surface area contributed by atoms with Crippen molar-refractivity contribution in [3.63, 3.8) is 0 Å². The lowest BCUT2D eigenvalue weighted by Gasteiger charge is -2.07. The quantitative estimate of drug-likeness (QED) is 0.340. The van der Waals surface area contributed by atoms with Gasteiger partial charge in [-0.05, 0) is 34.1 Å². The zero-order valence-electron chi connectivity index (χ0n) is 12.5. The van der Waals surface area contributed by atoms with Crippen molar-refractivity contribution in [1.82, 2.24) is 9.97 Å². The molecule has 2 aromatic heterocycles. The number of hydrogen-bond donors (Lipinski definition) is 0. The fourth-order valence-corrected chi connectivity index (χ4v) is 3.56. The summed E-state index contributed by atoms with van der Waals surface area (Å²) >= 11 is 3.43. The molecule has 0 bridgehead atoms. The topological polar surface area (TPSA) is 38.9 Å². The average molecular weight is 375 g/mol. The Hall–Kier alpha value is -2.72. The summed E-state index contributed by atoms with van der Waals surface area (Å²) in [6.45, 7) is 0. The molecule has 0 unspecified atom stereocenters. The number of aromatic nitrogens is 2. The van der Waals surface area contributed by atoms with E-state index in [2.05, 4.69) is 38.0 Å². The SMILES string of the molecule is Brc1nc(-c2cccc3c2oc2ccccc23)c2ccccc2n1. The molecule has 0 atom stereocenters. The highest BCUT2D eigenvalue weighted by molar-refractivity contribution is 9.10. The van der Waals surface area contributed by atoms with E-state index in [9.17, 15) is 0 Å². The van der Waals surface area contributed by atoms with Gasteiger partial charge in [-0.1, -0.05) is 48.5 Å². The van der Waals surface area contributed by atoms with Gasteiger partial charge >= 0.3 is 0 Å². The Bertz CT molecular complexity index is 1230. The lowest BCUT2D eigenvalue weighted by Crippen LogP contribution is -1.91. The van der Waals surface area contributed by atoms with Crippen LogP contribution in [0.4, 0.5) is 0 Å². The van der Waals surface area contributed by atoms with Crippen LogP contribution < -0.4 is 0 Å². The second kappa shape index (κ2) is 5.14. The van der Waals surface area contributed by atoms with Gasteiger partial charge in [0, 0.05) is 21.7 Å². The van der Waals surface area contributed by atoms with Crippen LogP contribution in [0.2, 0.25) is 0 Å². The molecule has 114 valence electrons. The van der Waals surface area contributed by atoms with E-state index < -0.39 is 0 Å². The van der Waals surface area contributed by atoms with E-state index in [0.29, 0.717) is 4.73 Å². The van der Waals surface area contributed by atoms with Crippen molar-refractivity contribution in [1.29, 1.82) is 0 Å². The van der Waals surface area contributed by atoms with E-state index >= 15 is 0 Å².